The number of carbonyl (C=O) groups is 2. The van der Waals surface area contributed by atoms with Crippen LogP contribution >= 0.6 is 0 Å². The number of amides is 3. The molecule has 2 rings (SSSR count). The minimum atomic E-state index is -1.08. The van der Waals surface area contributed by atoms with Crippen molar-refractivity contribution >= 4 is 17.6 Å². The predicted molar refractivity (Wildman–Crippen MR) is 92.3 cm³/mol. The summed E-state index contributed by atoms with van der Waals surface area (Å²) in [5.41, 5.74) is 6.20. The molecule has 6 heteroatoms. The van der Waals surface area contributed by atoms with Gasteiger partial charge in [-0.2, -0.15) is 0 Å². The van der Waals surface area contributed by atoms with Crippen molar-refractivity contribution in [3.63, 3.8) is 0 Å². The molecule has 0 radical (unpaired) electrons. The van der Waals surface area contributed by atoms with E-state index in [0.29, 0.717) is 12.2 Å². The first-order valence-corrected chi connectivity index (χ1v) is 7.50. The van der Waals surface area contributed by atoms with Crippen LogP contribution in [0.4, 0.5) is 10.5 Å². The van der Waals surface area contributed by atoms with E-state index in [1.807, 2.05) is 36.4 Å². The number of hydrogen-bond acceptors (Lipinski definition) is 3. The van der Waals surface area contributed by atoms with Crippen molar-refractivity contribution in [3.05, 3.63) is 65.7 Å². The molecule has 0 aliphatic rings. The van der Waals surface area contributed by atoms with Gasteiger partial charge in [0.25, 0.3) is 5.91 Å². The van der Waals surface area contributed by atoms with Crippen LogP contribution in [-0.4, -0.2) is 19.0 Å². The van der Waals surface area contributed by atoms with E-state index in [1.54, 1.807) is 25.1 Å². The van der Waals surface area contributed by atoms with E-state index in [-0.39, 0.29) is 5.91 Å². The lowest BCUT2D eigenvalue weighted by Crippen LogP contribution is -2.43. The van der Waals surface area contributed by atoms with Crippen LogP contribution in [0.5, 0.6) is 0 Å². The first-order valence-electron chi connectivity index (χ1n) is 7.50. The lowest BCUT2D eigenvalue weighted by atomic mass is 9.94. The third kappa shape index (κ3) is 4.11. The molecule has 0 bridgehead atoms. The van der Waals surface area contributed by atoms with Crippen molar-refractivity contribution in [2.45, 2.75) is 19.1 Å². The molecule has 0 saturated carbocycles. The van der Waals surface area contributed by atoms with Crippen molar-refractivity contribution in [2.24, 2.45) is 5.73 Å². The molecule has 2 aromatic rings. The molecule has 2 aromatic carbocycles. The van der Waals surface area contributed by atoms with Crippen LogP contribution in [0.3, 0.4) is 0 Å². The lowest BCUT2D eigenvalue weighted by Gasteiger charge is -2.27. The Bertz CT molecular complexity index is 718. The molecule has 1 atom stereocenters. The lowest BCUT2D eigenvalue weighted by molar-refractivity contribution is -0.142. The van der Waals surface area contributed by atoms with Crippen LogP contribution < -0.4 is 16.4 Å². The number of carbonyl (C=O) groups excluding carboxylic acids is 2. The molecule has 6 nitrogen and oxygen atoms in total. The maximum atomic E-state index is 12.6. The number of ether oxygens (including phenoxy) is 1. The second-order valence-corrected chi connectivity index (χ2v) is 5.48. The number of nitrogens with two attached hydrogens (primary N) is 1. The molecular weight excluding hydrogens is 306 g/mol. The van der Waals surface area contributed by atoms with E-state index in [9.17, 15) is 9.59 Å². The number of urea groups is 1. The molecule has 0 unspecified atom stereocenters. The summed E-state index contributed by atoms with van der Waals surface area (Å²) >= 11 is 0. The highest BCUT2D eigenvalue weighted by atomic mass is 16.5. The average Bonchev–Trinajstić information content (AvgIpc) is 2.59. The zero-order chi connectivity index (χ0) is 17.6. The van der Waals surface area contributed by atoms with Crippen LogP contribution in [0, 0.1) is 0 Å². The maximum Gasteiger partial charge on any atom is 0.316 e. The summed E-state index contributed by atoms with van der Waals surface area (Å²) in [4.78, 5) is 23.5. The Morgan fingerprint density at radius 3 is 2.46 bits per heavy atom. The minimum Gasteiger partial charge on any atom is -0.364 e. The van der Waals surface area contributed by atoms with Crippen LogP contribution in [0.25, 0.3) is 0 Å². The second-order valence-electron chi connectivity index (χ2n) is 5.48. The zero-order valence-corrected chi connectivity index (χ0v) is 13.7. The van der Waals surface area contributed by atoms with Crippen molar-refractivity contribution in [3.8, 4) is 0 Å². The Morgan fingerprint density at radius 2 is 1.83 bits per heavy atom. The summed E-state index contributed by atoms with van der Waals surface area (Å²) in [7, 11) is 1.50. The average molecular weight is 327 g/mol. The first kappa shape index (κ1) is 17.5. The van der Waals surface area contributed by atoms with E-state index in [0.717, 1.165) is 11.1 Å². The van der Waals surface area contributed by atoms with Crippen LogP contribution in [0.2, 0.25) is 0 Å². The van der Waals surface area contributed by atoms with Gasteiger partial charge in [-0.15, -0.1) is 0 Å². The molecule has 0 spiro atoms. The van der Waals surface area contributed by atoms with Gasteiger partial charge in [0, 0.05) is 19.3 Å². The van der Waals surface area contributed by atoms with Gasteiger partial charge in [-0.3, -0.25) is 4.79 Å². The van der Waals surface area contributed by atoms with Crippen LogP contribution in [-0.2, 0) is 21.7 Å². The third-order valence-electron chi connectivity index (χ3n) is 3.81. The summed E-state index contributed by atoms with van der Waals surface area (Å²) in [6.45, 7) is 2.03. The molecule has 24 heavy (non-hydrogen) atoms. The van der Waals surface area contributed by atoms with Gasteiger partial charge in [0.15, 0.2) is 5.60 Å². The SMILES string of the molecule is CO[C@](C)(C(=O)NCc1cccc(NC(N)=O)c1)c1ccccc1. The van der Waals surface area contributed by atoms with E-state index in [1.165, 1.54) is 7.11 Å². The summed E-state index contributed by atoms with van der Waals surface area (Å²) < 4.78 is 5.46. The molecule has 3 amide bonds. The molecule has 0 fully saturated rings. The van der Waals surface area contributed by atoms with Gasteiger partial charge in [-0.05, 0) is 30.2 Å². The smallest absolute Gasteiger partial charge is 0.316 e. The highest BCUT2D eigenvalue weighted by molar-refractivity contribution is 5.88. The van der Waals surface area contributed by atoms with Gasteiger partial charge in [-0.25, -0.2) is 4.79 Å². The second kappa shape index (κ2) is 7.61. The number of methoxy groups -OCH3 is 1. The van der Waals surface area contributed by atoms with Crippen molar-refractivity contribution in [1.29, 1.82) is 0 Å². The Kier molecular flexibility index (Phi) is 5.55. The van der Waals surface area contributed by atoms with Crippen molar-refractivity contribution in [2.75, 3.05) is 12.4 Å². The van der Waals surface area contributed by atoms with Crippen molar-refractivity contribution < 1.29 is 14.3 Å². The third-order valence-corrected chi connectivity index (χ3v) is 3.81. The Balaban J connectivity index is 2.08. The fourth-order valence-corrected chi connectivity index (χ4v) is 2.35. The van der Waals surface area contributed by atoms with Gasteiger partial charge in [0.2, 0.25) is 0 Å². The van der Waals surface area contributed by atoms with E-state index >= 15 is 0 Å². The first-order chi connectivity index (χ1) is 11.5. The molecule has 0 aromatic heterocycles. The highest BCUT2D eigenvalue weighted by Gasteiger charge is 2.34. The normalized spacial score (nSPS) is 12.9. The van der Waals surface area contributed by atoms with E-state index in [2.05, 4.69) is 10.6 Å². The van der Waals surface area contributed by atoms with Gasteiger partial charge in [0.1, 0.15) is 0 Å². The molecule has 126 valence electrons. The highest BCUT2D eigenvalue weighted by Crippen LogP contribution is 2.24. The quantitative estimate of drug-likeness (QED) is 0.760. The molecule has 0 aliphatic heterocycles. The molecule has 0 heterocycles. The summed E-state index contributed by atoms with van der Waals surface area (Å²) in [5, 5.41) is 5.36. The number of rotatable bonds is 6. The topological polar surface area (TPSA) is 93.4 Å². The largest absolute Gasteiger partial charge is 0.364 e. The zero-order valence-electron chi connectivity index (χ0n) is 13.7. The number of nitrogens with one attached hydrogen (secondary N) is 2. The summed E-state index contributed by atoms with van der Waals surface area (Å²) in [5.74, 6) is -0.246. The Hall–Kier alpha value is -2.86. The van der Waals surface area contributed by atoms with Gasteiger partial charge in [-0.1, -0.05) is 42.5 Å². The van der Waals surface area contributed by atoms with Crippen molar-refractivity contribution in [1.82, 2.24) is 5.32 Å². The number of primary amides is 1. The molecular formula is C18H21N3O3. The number of hydrogen-bond donors (Lipinski definition) is 3. The molecule has 0 aliphatic carbocycles. The van der Waals surface area contributed by atoms with Gasteiger partial charge < -0.3 is 21.1 Å². The minimum absolute atomic E-state index is 0.246. The number of benzene rings is 2. The Labute approximate surface area is 141 Å². The van der Waals surface area contributed by atoms with Crippen LogP contribution in [0.1, 0.15) is 18.1 Å². The summed E-state index contributed by atoms with van der Waals surface area (Å²) in [6, 6.07) is 15.8. The van der Waals surface area contributed by atoms with E-state index in [4.69, 9.17) is 10.5 Å². The predicted octanol–water partition coefficient (Wildman–Crippen LogP) is 2.36. The fourth-order valence-electron chi connectivity index (χ4n) is 2.35. The van der Waals surface area contributed by atoms with Gasteiger partial charge >= 0.3 is 6.03 Å². The van der Waals surface area contributed by atoms with E-state index < -0.39 is 11.6 Å². The monoisotopic (exact) mass is 327 g/mol. The standard InChI is InChI=1S/C18H21N3O3/c1-18(24-2,14-8-4-3-5-9-14)16(22)20-12-13-7-6-10-15(11-13)21-17(19)23/h3-11H,12H2,1-2H3,(H,20,22)(H3,19,21,23)/t18-/m0/s1. The van der Waals surface area contributed by atoms with Crippen LogP contribution in [0.15, 0.2) is 54.6 Å². The molecule has 4 N–H and O–H groups in total. The Morgan fingerprint density at radius 1 is 1.12 bits per heavy atom. The summed E-state index contributed by atoms with van der Waals surface area (Å²) in [6.07, 6.45) is 0. The fraction of sp³-hybridized carbons (Fsp3) is 0.222. The molecule has 0 saturated heterocycles. The van der Waals surface area contributed by atoms with Gasteiger partial charge in [0.05, 0.1) is 0 Å². The number of anilines is 1. The maximum absolute atomic E-state index is 12.6.